The van der Waals surface area contributed by atoms with Gasteiger partial charge in [-0.2, -0.15) is 0 Å². The number of aromatic nitrogens is 3. The maximum Gasteiger partial charge on any atom is 0.234 e. The van der Waals surface area contributed by atoms with Gasteiger partial charge in [0, 0.05) is 11.6 Å². The summed E-state index contributed by atoms with van der Waals surface area (Å²) in [5.74, 6) is 0.604. The lowest BCUT2D eigenvalue weighted by molar-refractivity contribution is -0.128. The molecule has 2 heterocycles. The first-order valence-electron chi connectivity index (χ1n) is 8.28. The molecule has 3 aromatic rings. The number of halogens is 1. The first-order valence-corrected chi connectivity index (χ1v) is 9.71. The van der Waals surface area contributed by atoms with Gasteiger partial charge in [-0.3, -0.25) is 4.79 Å². The Labute approximate surface area is 161 Å². The average molecular weight is 385 g/mol. The van der Waals surface area contributed by atoms with Gasteiger partial charge in [0.15, 0.2) is 0 Å². The Hall–Kier alpha value is -2.31. The zero-order chi connectivity index (χ0) is 17.9. The van der Waals surface area contributed by atoms with E-state index in [9.17, 15) is 4.79 Å². The first-order chi connectivity index (χ1) is 12.7. The molecule has 1 atom stereocenters. The van der Waals surface area contributed by atoms with Gasteiger partial charge in [-0.05, 0) is 23.3 Å². The quantitative estimate of drug-likeness (QED) is 0.672. The molecule has 1 saturated heterocycles. The highest BCUT2D eigenvalue weighted by Crippen LogP contribution is 2.38. The van der Waals surface area contributed by atoms with E-state index in [1.54, 1.807) is 16.4 Å². The Morgan fingerprint density at radius 1 is 1.08 bits per heavy atom. The monoisotopic (exact) mass is 384 g/mol. The minimum Gasteiger partial charge on any atom is -0.320 e. The summed E-state index contributed by atoms with van der Waals surface area (Å²) in [6.45, 7) is 1.18. The molecule has 0 unspecified atom stereocenters. The van der Waals surface area contributed by atoms with E-state index in [1.165, 1.54) is 0 Å². The topological polar surface area (TPSA) is 51.0 Å². The maximum atomic E-state index is 12.3. The SMILES string of the molecule is O=C1CS[C@H](c2cn(Cc3cccc(Cl)c3)nn2)N1Cc1ccccc1. The van der Waals surface area contributed by atoms with Crippen LogP contribution in [0.1, 0.15) is 22.2 Å². The molecule has 26 heavy (non-hydrogen) atoms. The van der Waals surface area contributed by atoms with Crippen molar-refractivity contribution in [2.75, 3.05) is 5.75 Å². The maximum absolute atomic E-state index is 12.3. The van der Waals surface area contributed by atoms with Gasteiger partial charge in [0.05, 0.1) is 18.5 Å². The molecular formula is C19H17ClN4OS. The molecule has 1 aliphatic heterocycles. The van der Waals surface area contributed by atoms with E-state index in [2.05, 4.69) is 10.3 Å². The molecule has 1 aromatic heterocycles. The van der Waals surface area contributed by atoms with Crippen molar-refractivity contribution in [3.05, 3.63) is 82.6 Å². The lowest BCUT2D eigenvalue weighted by Crippen LogP contribution is -2.27. The predicted octanol–water partition coefficient (Wildman–Crippen LogP) is 3.75. The Bertz CT molecular complexity index is 915. The molecule has 0 aliphatic carbocycles. The fourth-order valence-electron chi connectivity index (χ4n) is 2.98. The smallest absolute Gasteiger partial charge is 0.234 e. The number of benzene rings is 2. The molecular weight excluding hydrogens is 368 g/mol. The molecule has 0 saturated carbocycles. The predicted molar refractivity (Wildman–Crippen MR) is 103 cm³/mol. The van der Waals surface area contributed by atoms with Crippen LogP contribution in [-0.4, -0.2) is 31.6 Å². The summed E-state index contributed by atoms with van der Waals surface area (Å²) in [6.07, 6.45) is 1.91. The zero-order valence-corrected chi connectivity index (χ0v) is 15.5. The molecule has 0 bridgehead atoms. The van der Waals surface area contributed by atoms with Gasteiger partial charge in [-0.25, -0.2) is 4.68 Å². The third-order valence-corrected chi connectivity index (χ3v) is 5.67. The standard InChI is InChI=1S/C19H17ClN4OS/c20-16-8-4-7-15(9-16)10-23-12-17(21-22-23)19-24(18(25)13-26-19)11-14-5-2-1-3-6-14/h1-9,12,19H,10-11,13H2/t19-/m1/s1. The Balaban J connectivity index is 1.51. The average Bonchev–Trinajstić information content (AvgIpc) is 3.23. The summed E-state index contributed by atoms with van der Waals surface area (Å²) >= 11 is 7.63. The van der Waals surface area contributed by atoms with Gasteiger partial charge in [0.2, 0.25) is 5.91 Å². The van der Waals surface area contributed by atoms with Crippen LogP contribution >= 0.6 is 23.4 Å². The Morgan fingerprint density at radius 2 is 1.88 bits per heavy atom. The van der Waals surface area contributed by atoms with Crippen LogP contribution in [0.15, 0.2) is 60.8 Å². The Morgan fingerprint density at radius 3 is 2.69 bits per heavy atom. The fourth-order valence-corrected chi connectivity index (χ4v) is 4.31. The zero-order valence-electron chi connectivity index (χ0n) is 14.0. The third kappa shape index (κ3) is 3.76. The molecule has 2 aromatic carbocycles. The molecule has 1 fully saturated rings. The van der Waals surface area contributed by atoms with Gasteiger partial charge in [-0.1, -0.05) is 59.3 Å². The third-order valence-electron chi connectivity index (χ3n) is 4.21. The fraction of sp³-hybridized carbons (Fsp3) is 0.211. The molecule has 1 amide bonds. The van der Waals surface area contributed by atoms with Crippen molar-refractivity contribution in [2.45, 2.75) is 18.5 Å². The summed E-state index contributed by atoms with van der Waals surface area (Å²) in [7, 11) is 0. The van der Waals surface area contributed by atoms with Crippen LogP contribution in [0.2, 0.25) is 5.02 Å². The second kappa shape index (κ2) is 7.51. The summed E-state index contributed by atoms with van der Waals surface area (Å²) in [5, 5.41) is 9.13. The van der Waals surface area contributed by atoms with Crippen LogP contribution in [0.25, 0.3) is 0 Å². The largest absolute Gasteiger partial charge is 0.320 e. The minimum atomic E-state index is -0.101. The molecule has 5 nitrogen and oxygen atoms in total. The molecule has 1 aliphatic rings. The second-order valence-corrected chi connectivity index (χ2v) is 7.65. The normalized spacial score (nSPS) is 17.0. The number of nitrogens with zero attached hydrogens (tertiary/aromatic N) is 4. The summed E-state index contributed by atoms with van der Waals surface area (Å²) < 4.78 is 1.78. The van der Waals surface area contributed by atoms with Crippen molar-refractivity contribution >= 4 is 29.3 Å². The van der Waals surface area contributed by atoms with Gasteiger partial charge in [0.1, 0.15) is 11.1 Å². The van der Waals surface area contributed by atoms with E-state index < -0.39 is 0 Å². The molecule has 0 radical (unpaired) electrons. The van der Waals surface area contributed by atoms with Crippen LogP contribution < -0.4 is 0 Å². The van der Waals surface area contributed by atoms with E-state index >= 15 is 0 Å². The van der Waals surface area contributed by atoms with E-state index in [4.69, 9.17) is 11.6 Å². The number of rotatable bonds is 5. The number of carbonyl (C=O) groups is 1. The highest BCUT2D eigenvalue weighted by atomic mass is 35.5. The summed E-state index contributed by atoms with van der Waals surface area (Å²) in [5.41, 5.74) is 2.98. The van der Waals surface area contributed by atoms with Gasteiger partial charge >= 0.3 is 0 Å². The van der Waals surface area contributed by atoms with Crippen LogP contribution in [0.4, 0.5) is 0 Å². The van der Waals surface area contributed by atoms with Crippen molar-refractivity contribution < 1.29 is 4.79 Å². The lowest BCUT2D eigenvalue weighted by atomic mass is 10.2. The molecule has 0 N–H and O–H groups in total. The number of carbonyl (C=O) groups excluding carboxylic acids is 1. The van der Waals surface area contributed by atoms with E-state index in [-0.39, 0.29) is 11.3 Å². The van der Waals surface area contributed by atoms with Gasteiger partial charge in [-0.15, -0.1) is 16.9 Å². The second-order valence-electron chi connectivity index (χ2n) is 6.14. The Kier molecular flexibility index (Phi) is 4.95. The van der Waals surface area contributed by atoms with Crippen LogP contribution in [0.3, 0.4) is 0 Å². The number of thioether (sulfide) groups is 1. The number of amides is 1. The number of hydrogen-bond donors (Lipinski definition) is 0. The molecule has 132 valence electrons. The molecule has 4 rings (SSSR count). The van der Waals surface area contributed by atoms with Gasteiger partial charge < -0.3 is 4.90 Å². The van der Waals surface area contributed by atoms with Crippen molar-refractivity contribution in [2.24, 2.45) is 0 Å². The summed E-state index contributed by atoms with van der Waals surface area (Å²) in [6, 6.07) is 17.7. The van der Waals surface area contributed by atoms with Crippen LogP contribution in [0, 0.1) is 0 Å². The minimum absolute atomic E-state index is 0.101. The van der Waals surface area contributed by atoms with Crippen molar-refractivity contribution in [3.8, 4) is 0 Å². The summed E-state index contributed by atoms with van der Waals surface area (Å²) in [4.78, 5) is 14.2. The molecule has 0 spiro atoms. The lowest BCUT2D eigenvalue weighted by Gasteiger charge is -2.22. The first kappa shape index (κ1) is 17.1. The van der Waals surface area contributed by atoms with Crippen molar-refractivity contribution in [1.82, 2.24) is 19.9 Å². The molecule has 7 heteroatoms. The number of hydrogen-bond acceptors (Lipinski definition) is 4. The van der Waals surface area contributed by atoms with Crippen LogP contribution in [-0.2, 0) is 17.9 Å². The highest BCUT2D eigenvalue weighted by molar-refractivity contribution is 8.00. The van der Waals surface area contributed by atoms with E-state index in [1.807, 2.05) is 65.7 Å². The van der Waals surface area contributed by atoms with Gasteiger partial charge in [0.25, 0.3) is 0 Å². The van der Waals surface area contributed by atoms with Crippen molar-refractivity contribution in [1.29, 1.82) is 0 Å². The van der Waals surface area contributed by atoms with E-state index in [0.29, 0.717) is 23.9 Å². The van der Waals surface area contributed by atoms with Crippen molar-refractivity contribution in [3.63, 3.8) is 0 Å². The van der Waals surface area contributed by atoms with E-state index in [0.717, 1.165) is 16.8 Å². The highest BCUT2D eigenvalue weighted by Gasteiger charge is 2.34. The van der Waals surface area contributed by atoms with Crippen LogP contribution in [0.5, 0.6) is 0 Å².